The summed E-state index contributed by atoms with van der Waals surface area (Å²) in [7, 11) is 1.63. The monoisotopic (exact) mass is 250 g/mol. The lowest BCUT2D eigenvalue weighted by molar-refractivity contribution is -0.384. The first-order valence-electron chi connectivity index (χ1n) is 5.03. The fourth-order valence-electron chi connectivity index (χ4n) is 1.26. The number of nitro groups is 1. The lowest BCUT2D eigenvalue weighted by atomic mass is 10.4. The van der Waals surface area contributed by atoms with E-state index in [1.165, 1.54) is 6.26 Å². The normalized spacial score (nSPS) is 10.1. The molecule has 0 bridgehead atoms. The first-order chi connectivity index (χ1) is 8.70. The highest BCUT2D eigenvalue weighted by Crippen LogP contribution is 2.22. The van der Waals surface area contributed by atoms with E-state index in [0.29, 0.717) is 11.6 Å². The van der Waals surface area contributed by atoms with Gasteiger partial charge in [-0.25, -0.2) is 4.98 Å². The third-order valence-corrected chi connectivity index (χ3v) is 2.12. The van der Waals surface area contributed by atoms with Crippen molar-refractivity contribution in [1.29, 1.82) is 0 Å². The molecule has 0 fully saturated rings. The predicted molar refractivity (Wildman–Crippen MR) is 62.1 cm³/mol. The highest BCUT2D eigenvalue weighted by molar-refractivity contribution is 5.56. The van der Waals surface area contributed by atoms with Crippen molar-refractivity contribution in [2.24, 2.45) is 0 Å². The molecule has 0 aliphatic heterocycles. The van der Waals surface area contributed by atoms with Gasteiger partial charge in [-0.3, -0.25) is 10.1 Å². The van der Waals surface area contributed by atoms with Crippen molar-refractivity contribution in [3.63, 3.8) is 0 Å². The molecule has 0 saturated carbocycles. The van der Waals surface area contributed by atoms with Crippen LogP contribution in [0, 0.1) is 10.1 Å². The largest absolute Gasteiger partial charge is 0.364 e. The lowest BCUT2D eigenvalue weighted by Crippen LogP contribution is -2.07. The summed E-state index contributed by atoms with van der Waals surface area (Å²) in [6.45, 7) is 0.275. The van der Waals surface area contributed by atoms with Crippen LogP contribution >= 0.6 is 0 Å². The van der Waals surface area contributed by atoms with Gasteiger partial charge < -0.3 is 15.2 Å². The second-order valence-corrected chi connectivity index (χ2v) is 3.28. The molecule has 94 valence electrons. The van der Waals surface area contributed by atoms with Crippen LogP contribution in [0.15, 0.2) is 23.0 Å². The Morgan fingerprint density at radius 1 is 1.56 bits per heavy atom. The van der Waals surface area contributed by atoms with Gasteiger partial charge in [0.1, 0.15) is 18.2 Å². The van der Waals surface area contributed by atoms with E-state index in [0.717, 1.165) is 6.20 Å². The van der Waals surface area contributed by atoms with Crippen LogP contribution in [0.3, 0.4) is 0 Å². The molecular weight excluding hydrogens is 240 g/mol. The molecule has 0 radical (unpaired) electrons. The van der Waals surface area contributed by atoms with E-state index in [1.807, 2.05) is 0 Å². The van der Waals surface area contributed by atoms with Gasteiger partial charge in [-0.05, 0) is 0 Å². The Hall–Kier alpha value is -2.71. The molecule has 18 heavy (non-hydrogen) atoms. The molecule has 0 amide bonds. The number of rotatable bonds is 5. The molecule has 0 aromatic carbocycles. The number of anilines is 2. The third kappa shape index (κ3) is 2.51. The summed E-state index contributed by atoms with van der Waals surface area (Å²) in [6.07, 6.45) is 2.56. The van der Waals surface area contributed by atoms with Gasteiger partial charge in [0.15, 0.2) is 0 Å². The van der Waals surface area contributed by atoms with Crippen LogP contribution in [-0.2, 0) is 6.54 Å². The van der Waals surface area contributed by atoms with Crippen LogP contribution < -0.4 is 10.6 Å². The summed E-state index contributed by atoms with van der Waals surface area (Å²) in [5, 5.41) is 20.0. The van der Waals surface area contributed by atoms with Gasteiger partial charge in [0.05, 0.1) is 11.5 Å². The van der Waals surface area contributed by atoms with E-state index in [4.69, 9.17) is 0 Å². The lowest BCUT2D eigenvalue weighted by Gasteiger charge is -2.05. The first kappa shape index (κ1) is 11.8. The smallest absolute Gasteiger partial charge is 0.329 e. The number of nitrogens with zero attached hydrogens (tertiary/aromatic N) is 4. The summed E-state index contributed by atoms with van der Waals surface area (Å²) in [5.74, 6) is 0.422. The Balaban J connectivity index is 2.20. The zero-order chi connectivity index (χ0) is 13.0. The summed E-state index contributed by atoms with van der Waals surface area (Å²) in [6, 6.07) is 1.65. The third-order valence-electron chi connectivity index (χ3n) is 2.12. The van der Waals surface area contributed by atoms with E-state index in [9.17, 15) is 10.1 Å². The Bertz CT molecular complexity index is 541. The predicted octanol–water partition coefficient (Wildman–Crippen LogP) is 1.03. The summed E-state index contributed by atoms with van der Waals surface area (Å²) in [4.78, 5) is 18.0. The zero-order valence-corrected chi connectivity index (χ0v) is 9.45. The molecule has 0 spiro atoms. The summed E-state index contributed by atoms with van der Waals surface area (Å²) >= 11 is 0. The molecule has 2 aromatic rings. The molecular formula is C9H10N6O3. The van der Waals surface area contributed by atoms with Crippen LogP contribution in [0.25, 0.3) is 0 Å². The van der Waals surface area contributed by atoms with Gasteiger partial charge in [0.25, 0.3) is 0 Å². The first-order valence-corrected chi connectivity index (χ1v) is 5.03. The van der Waals surface area contributed by atoms with Crippen molar-refractivity contribution in [1.82, 2.24) is 15.1 Å². The number of aromatic nitrogens is 3. The Morgan fingerprint density at radius 3 is 3.00 bits per heavy atom. The van der Waals surface area contributed by atoms with Crippen molar-refractivity contribution in [3.05, 3.63) is 34.3 Å². The molecule has 2 heterocycles. The molecule has 0 unspecified atom stereocenters. The summed E-state index contributed by atoms with van der Waals surface area (Å²) < 4.78 is 4.66. The molecule has 9 heteroatoms. The zero-order valence-electron chi connectivity index (χ0n) is 9.45. The van der Waals surface area contributed by atoms with E-state index >= 15 is 0 Å². The van der Waals surface area contributed by atoms with E-state index in [2.05, 4.69) is 30.3 Å². The van der Waals surface area contributed by atoms with Crippen molar-refractivity contribution in [3.8, 4) is 0 Å². The van der Waals surface area contributed by atoms with Crippen LogP contribution in [0.4, 0.5) is 17.5 Å². The Kier molecular flexibility index (Phi) is 3.32. The second kappa shape index (κ2) is 5.08. The number of hydrogen-bond donors (Lipinski definition) is 2. The molecule has 2 N–H and O–H groups in total. The fraction of sp³-hybridized carbons (Fsp3) is 0.222. The number of nitrogens with one attached hydrogen (secondary N) is 2. The quantitative estimate of drug-likeness (QED) is 0.596. The standard InChI is InChI=1S/C9H10N6O3/c1-10-9-12-5-7(15(16)17)8(13-9)11-4-6-2-3-18-14-6/h2-3,5H,4H2,1H3,(H2,10,11,12,13). The van der Waals surface area contributed by atoms with Gasteiger partial charge in [0, 0.05) is 13.1 Å². The average Bonchev–Trinajstić information content (AvgIpc) is 2.88. The molecule has 0 aliphatic carbocycles. The summed E-state index contributed by atoms with van der Waals surface area (Å²) in [5.41, 5.74) is 0.423. The fourth-order valence-corrected chi connectivity index (χ4v) is 1.26. The highest BCUT2D eigenvalue weighted by atomic mass is 16.6. The Morgan fingerprint density at radius 2 is 2.39 bits per heavy atom. The maximum absolute atomic E-state index is 10.8. The molecule has 2 rings (SSSR count). The van der Waals surface area contributed by atoms with E-state index in [1.54, 1.807) is 13.1 Å². The SMILES string of the molecule is CNc1ncc([N+](=O)[O-])c(NCc2ccon2)n1. The maximum atomic E-state index is 10.8. The topological polar surface area (TPSA) is 119 Å². The highest BCUT2D eigenvalue weighted by Gasteiger charge is 2.16. The van der Waals surface area contributed by atoms with Gasteiger partial charge in [0.2, 0.25) is 11.8 Å². The molecule has 2 aromatic heterocycles. The van der Waals surface area contributed by atoms with Crippen molar-refractivity contribution >= 4 is 17.5 Å². The minimum absolute atomic E-state index is 0.127. The van der Waals surface area contributed by atoms with Gasteiger partial charge in [-0.2, -0.15) is 4.98 Å². The molecule has 0 atom stereocenters. The van der Waals surface area contributed by atoms with Crippen molar-refractivity contribution < 1.29 is 9.45 Å². The van der Waals surface area contributed by atoms with Gasteiger partial charge >= 0.3 is 5.69 Å². The maximum Gasteiger partial charge on any atom is 0.329 e. The molecule has 0 saturated heterocycles. The van der Waals surface area contributed by atoms with Gasteiger partial charge in [-0.15, -0.1) is 0 Å². The van der Waals surface area contributed by atoms with E-state index < -0.39 is 4.92 Å². The van der Waals surface area contributed by atoms with Crippen LogP contribution in [-0.4, -0.2) is 27.1 Å². The van der Waals surface area contributed by atoms with Crippen molar-refractivity contribution in [2.75, 3.05) is 17.7 Å². The second-order valence-electron chi connectivity index (χ2n) is 3.28. The van der Waals surface area contributed by atoms with Crippen LogP contribution in [0.2, 0.25) is 0 Å². The van der Waals surface area contributed by atoms with Crippen molar-refractivity contribution in [2.45, 2.75) is 6.54 Å². The average molecular weight is 250 g/mol. The minimum atomic E-state index is -0.551. The molecule has 9 nitrogen and oxygen atoms in total. The molecule has 0 aliphatic rings. The van der Waals surface area contributed by atoms with Gasteiger partial charge in [-0.1, -0.05) is 5.16 Å². The number of hydrogen-bond acceptors (Lipinski definition) is 8. The van der Waals surface area contributed by atoms with Crippen LogP contribution in [0.5, 0.6) is 0 Å². The Labute approximate surface area is 101 Å². The van der Waals surface area contributed by atoms with Crippen LogP contribution in [0.1, 0.15) is 5.69 Å². The van der Waals surface area contributed by atoms with E-state index in [-0.39, 0.29) is 18.1 Å². The minimum Gasteiger partial charge on any atom is -0.364 e.